The van der Waals surface area contributed by atoms with E-state index in [2.05, 4.69) is 20.3 Å². The summed E-state index contributed by atoms with van der Waals surface area (Å²) in [6.45, 7) is 3.85. The molecule has 1 N–H and O–H groups in total. The zero-order valence-electron chi connectivity index (χ0n) is 12.1. The zero-order valence-corrected chi connectivity index (χ0v) is 13.7. The van der Waals surface area contributed by atoms with Gasteiger partial charge in [-0.2, -0.15) is 13.2 Å². The van der Waals surface area contributed by atoms with Crippen LogP contribution in [0.1, 0.15) is 16.3 Å². The summed E-state index contributed by atoms with van der Waals surface area (Å²) in [6.07, 6.45) is -3.59. The van der Waals surface area contributed by atoms with Gasteiger partial charge in [0.05, 0.1) is 26.8 Å². The molecule has 0 spiro atoms. The molecular formula is C14H11F3N4S2. The lowest BCUT2D eigenvalue weighted by atomic mass is 10.3. The second-order valence-corrected chi connectivity index (χ2v) is 6.80. The number of pyridine rings is 1. The first-order chi connectivity index (χ1) is 10.8. The molecule has 3 aromatic heterocycles. The Morgan fingerprint density at radius 2 is 1.91 bits per heavy atom. The number of anilines is 2. The number of alkyl halides is 3. The first-order valence-electron chi connectivity index (χ1n) is 6.53. The number of thiazole rings is 2. The lowest BCUT2D eigenvalue weighted by molar-refractivity contribution is -0.137. The van der Waals surface area contributed by atoms with Gasteiger partial charge in [-0.25, -0.2) is 15.0 Å². The molecule has 0 aliphatic heterocycles. The fourth-order valence-corrected chi connectivity index (χ4v) is 3.61. The Morgan fingerprint density at radius 3 is 2.48 bits per heavy atom. The van der Waals surface area contributed by atoms with Crippen LogP contribution in [0.5, 0.6) is 0 Å². The molecule has 4 nitrogen and oxygen atoms in total. The molecule has 0 radical (unpaired) electrons. The Bertz CT molecular complexity index is 821. The molecule has 23 heavy (non-hydrogen) atoms. The summed E-state index contributed by atoms with van der Waals surface area (Å²) in [4.78, 5) is 13.6. The van der Waals surface area contributed by atoms with Gasteiger partial charge in [0.2, 0.25) is 0 Å². The van der Waals surface area contributed by atoms with Crippen molar-refractivity contribution in [1.29, 1.82) is 0 Å². The fraction of sp³-hybridized carbons (Fsp3) is 0.214. The van der Waals surface area contributed by atoms with Crippen molar-refractivity contribution in [3.8, 4) is 10.6 Å². The van der Waals surface area contributed by atoms with Gasteiger partial charge in [-0.3, -0.25) is 0 Å². The van der Waals surface area contributed by atoms with E-state index in [1.807, 2.05) is 19.2 Å². The van der Waals surface area contributed by atoms with E-state index < -0.39 is 11.7 Å². The topological polar surface area (TPSA) is 50.7 Å². The van der Waals surface area contributed by atoms with Gasteiger partial charge < -0.3 is 5.32 Å². The van der Waals surface area contributed by atoms with E-state index in [1.165, 1.54) is 17.4 Å². The van der Waals surface area contributed by atoms with Crippen molar-refractivity contribution >= 4 is 33.6 Å². The highest BCUT2D eigenvalue weighted by atomic mass is 32.1. The first kappa shape index (κ1) is 15.9. The van der Waals surface area contributed by atoms with Crippen molar-refractivity contribution in [2.24, 2.45) is 0 Å². The van der Waals surface area contributed by atoms with Crippen LogP contribution in [0.15, 0.2) is 23.7 Å². The molecule has 0 aromatic carbocycles. The normalized spacial score (nSPS) is 11.7. The predicted molar refractivity (Wildman–Crippen MR) is 85.2 cm³/mol. The minimum absolute atomic E-state index is 0.316. The van der Waals surface area contributed by atoms with Gasteiger partial charge in [-0.15, -0.1) is 22.7 Å². The van der Waals surface area contributed by atoms with E-state index in [1.54, 1.807) is 11.3 Å². The van der Waals surface area contributed by atoms with Gasteiger partial charge in [-0.05, 0) is 26.0 Å². The predicted octanol–water partition coefficient (Wildman–Crippen LogP) is 5.04. The van der Waals surface area contributed by atoms with Gasteiger partial charge in [0.15, 0.2) is 5.13 Å². The molecular weight excluding hydrogens is 345 g/mol. The molecule has 3 rings (SSSR count). The third kappa shape index (κ3) is 3.50. The molecule has 0 atom stereocenters. The number of hydrogen-bond donors (Lipinski definition) is 1. The van der Waals surface area contributed by atoms with Crippen molar-refractivity contribution in [1.82, 2.24) is 15.0 Å². The molecule has 0 aliphatic rings. The van der Waals surface area contributed by atoms with E-state index in [0.29, 0.717) is 10.9 Å². The molecule has 0 fully saturated rings. The third-order valence-electron chi connectivity index (χ3n) is 2.97. The Kier molecular flexibility index (Phi) is 4.07. The molecule has 120 valence electrons. The van der Waals surface area contributed by atoms with Crippen LogP contribution in [-0.2, 0) is 6.18 Å². The van der Waals surface area contributed by atoms with Crippen molar-refractivity contribution in [2.75, 3.05) is 5.32 Å². The Morgan fingerprint density at radius 1 is 1.13 bits per heavy atom. The lowest BCUT2D eigenvalue weighted by Gasteiger charge is -2.06. The molecule has 0 amide bonds. The molecule has 0 aliphatic carbocycles. The van der Waals surface area contributed by atoms with E-state index >= 15 is 0 Å². The number of hydrogen-bond acceptors (Lipinski definition) is 6. The van der Waals surface area contributed by atoms with Crippen molar-refractivity contribution < 1.29 is 13.2 Å². The number of aromatic nitrogens is 3. The minimum Gasteiger partial charge on any atom is -0.316 e. The number of aryl methyl sites for hydroxylation is 2. The van der Waals surface area contributed by atoms with Gasteiger partial charge in [0.25, 0.3) is 0 Å². The number of nitrogens with one attached hydrogen (secondary N) is 1. The van der Waals surface area contributed by atoms with Crippen LogP contribution < -0.4 is 5.32 Å². The summed E-state index contributed by atoms with van der Waals surface area (Å²) in [5.74, 6) is 0.316. The standard InChI is InChI=1S/C14H11F3N4S2/c1-7-12(23-8(2)19-7)10-6-22-13(20-10)21-11-4-3-9(5-18-11)14(15,16)17/h3-6H,1-2H3,(H,18,20,21). The maximum absolute atomic E-state index is 12.5. The number of rotatable bonds is 3. The summed E-state index contributed by atoms with van der Waals surface area (Å²) >= 11 is 2.92. The van der Waals surface area contributed by atoms with Gasteiger partial charge in [-0.1, -0.05) is 0 Å². The largest absolute Gasteiger partial charge is 0.417 e. The minimum atomic E-state index is -4.39. The van der Waals surface area contributed by atoms with Crippen molar-refractivity contribution in [2.45, 2.75) is 20.0 Å². The SMILES string of the molecule is Cc1nc(C)c(-c2csc(Nc3ccc(C(F)(F)F)cn3)n2)s1. The Labute approximate surface area is 138 Å². The maximum Gasteiger partial charge on any atom is 0.417 e. The zero-order chi connectivity index (χ0) is 16.6. The van der Waals surface area contributed by atoms with Crippen LogP contribution >= 0.6 is 22.7 Å². The summed E-state index contributed by atoms with van der Waals surface area (Å²) in [5, 5.41) is 6.32. The van der Waals surface area contributed by atoms with Crippen LogP contribution in [0.2, 0.25) is 0 Å². The van der Waals surface area contributed by atoms with E-state index in [4.69, 9.17) is 0 Å². The van der Waals surface area contributed by atoms with E-state index in [0.717, 1.165) is 33.5 Å². The molecule has 9 heteroatoms. The summed E-state index contributed by atoms with van der Waals surface area (Å²) in [7, 11) is 0. The molecule has 3 aromatic rings. The number of halogens is 3. The molecule has 0 unspecified atom stereocenters. The van der Waals surface area contributed by atoms with Crippen LogP contribution in [0.3, 0.4) is 0 Å². The second-order valence-electron chi connectivity index (χ2n) is 4.74. The molecule has 3 heterocycles. The van der Waals surface area contributed by atoms with Crippen LogP contribution in [0, 0.1) is 13.8 Å². The van der Waals surface area contributed by atoms with Gasteiger partial charge >= 0.3 is 6.18 Å². The summed E-state index contributed by atoms with van der Waals surface area (Å²) in [5.41, 5.74) is 0.933. The fourth-order valence-electron chi connectivity index (χ4n) is 1.95. The summed E-state index contributed by atoms with van der Waals surface area (Å²) in [6, 6.07) is 2.27. The average molecular weight is 356 g/mol. The number of nitrogens with zero attached hydrogens (tertiary/aromatic N) is 3. The smallest absolute Gasteiger partial charge is 0.316 e. The first-order valence-corrected chi connectivity index (χ1v) is 8.23. The average Bonchev–Trinajstić information content (AvgIpc) is 3.05. The highest BCUT2D eigenvalue weighted by Crippen LogP contribution is 2.33. The highest BCUT2D eigenvalue weighted by Gasteiger charge is 2.30. The molecule has 0 bridgehead atoms. The Hall–Kier alpha value is -2.00. The van der Waals surface area contributed by atoms with Crippen LogP contribution in [-0.4, -0.2) is 15.0 Å². The van der Waals surface area contributed by atoms with Crippen molar-refractivity contribution in [3.05, 3.63) is 40.0 Å². The highest BCUT2D eigenvalue weighted by molar-refractivity contribution is 7.16. The lowest BCUT2D eigenvalue weighted by Crippen LogP contribution is -2.05. The Balaban J connectivity index is 1.78. The quantitative estimate of drug-likeness (QED) is 0.714. The van der Waals surface area contributed by atoms with Gasteiger partial charge in [0, 0.05) is 11.6 Å². The molecule has 0 saturated carbocycles. The van der Waals surface area contributed by atoms with E-state index in [9.17, 15) is 13.2 Å². The monoisotopic (exact) mass is 356 g/mol. The third-order valence-corrected chi connectivity index (χ3v) is 4.82. The van der Waals surface area contributed by atoms with Crippen LogP contribution in [0.25, 0.3) is 10.6 Å². The molecule has 0 saturated heterocycles. The summed E-state index contributed by atoms with van der Waals surface area (Å²) < 4.78 is 37.5. The second kappa shape index (κ2) is 5.89. The van der Waals surface area contributed by atoms with Gasteiger partial charge in [0.1, 0.15) is 5.82 Å². The van der Waals surface area contributed by atoms with E-state index in [-0.39, 0.29) is 0 Å². The maximum atomic E-state index is 12.5. The van der Waals surface area contributed by atoms with Crippen LogP contribution in [0.4, 0.5) is 24.1 Å². The van der Waals surface area contributed by atoms with Crippen molar-refractivity contribution in [3.63, 3.8) is 0 Å².